The number of carbonyl (C=O) groups excluding carboxylic acids is 3. The molecular weight excluding hydrogens is 490 g/mol. The van der Waals surface area contributed by atoms with Crippen molar-refractivity contribution in [3.8, 4) is 5.75 Å². The van der Waals surface area contributed by atoms with Crippen molar-refractivity contribution < 1.29 is 33.3 Å². The molecule has 10 heteroatoms. The first-order chi connectivity index (χ1) is 17.6. The van der Waals surface area contributed by atoms with Crippen LogP contribution < -0.4 is 15.4 Å². The number of ether oxygens (including phenoxy) is 4. The molecule has 1 aliphatic heterocycles. The highest BCUT2D eigenvalue weighted by molar-refractivity contribution is 5.93. The van der Waals surface area contributed by atoms with Crippen molar-refractivity contribution in [3.05, 3.63) is 23.3 Å². The number of hydrogen-bond donors (Lipinski definition) is 2. The van der Waals surface area contributed by atoms with Crippen molar-refractivity contribution in [3.63, 3.8) is 0 Å². The van der Waals surface area contributed by atoms with Gasteiger partial charge in [-0.1, -0.05) is 0 Å². The first kappa shape index (κ1) is 29.4. The second-order valence-electron chi connectivity index (χ2n) is 12.1. The molecule has 1 saturated carbocycles. The average Bonchev–Trinajstić information content (AvgIpc) is 2.76. The van der Waals surface area contributed by atoms with Crippen LogP contribution in [0.2, 0.25) is 0 Å². The third-order valence-electron chi connectivity index (χ3n) is 6.40. The molecule has 1 heterocycles. The number of rotatable bonds is 6. The van der Waals surface area contributed by atoms with Crippen LogP contribution in [0.1, 0.15) is 83.1 Å². The summed E-state index contributed by atoms with van der Waals surface area (Å²) in [5.74, 6) is 0.0953. The van der Waals surface area contributed by atoms with E-state index in [1.807, 2.05) is 54.5 Å². The van der Waals surface area contributed by atoms with Gasteiger partial charge in [0.1, 0.15) is 23.1 Å². The van der Waals surface area contributed by atoms with Gasteiger partial charge < -0.3 is 34.5 Å². The highest BCUT2D eigenvalue weighted by Crippen LogP contribution is 2.32. The number of amides is 2. The lowest BCUT2D eigenvalue weighted by Gasteiger charge is -2.39. The number of carbonyl (C=O) groups is 3. The van der Waals surface area contributed by atoms with E-state index in [-0.39, 0.29) is 24.3 Å². The van der Waals surface area contributed by atoms with Crippen LogP contribution in [0.25, 0.3) is 0 Å². The van der Waals surface area contributed by atoms with Gasteiger partial charge in [-0.3, -0.25) is 0 Å². The average molecular weight is 534 g/mol. The number of anilines is 1. The molecule has 2 amide bonds. The highest BCUT2D eigenvalue weighted by Gasteiger charge is 2.35. The summed E-state index contributed by atoms with van der Waals surface area (Å²) in [6.07, 6.45) is 2.39. The molecule has 2 N–H and O–H groups in total. The molecule has 0 atom stereocenters. The highest BCUT2D eigenvalue weighted by atomic mass is 16.6. The molecular formula is C28H43N3O7. The SMILES string of the molecule is COC(=O)c1cc(OC2CN(C(=O)OC(C)(C)C)C2)cc(NC2CCC(NC(=O)OC(C)(C)C)CC2)c1C. The van der Waals surface area contributed by atoms with E-state index in [2.05, 4.69) is 10.6 Å². The molecule has 212 valence electrons. The van der Waals surface area contributed by atoms with E-state index in [9.17, 15) is 14.4 Å². The number of likely N-dealkylation sites (tertiary alicyclic amines) is 1. The Kier molecular flexibility index (Phi) is 9.05. The molecule has 3 rings (SSSR count). The first-order valence-electron chi connectivity index (χ1n) is 13.3. The Balaban J connectivity index is 1.61. The number of alkyl carbamates (subject to hydrolysis) is 1. The summed E-state index contributed by atoms with van der Waals surface area (Å²) >= 11 is 0. The first-order valence-corrected chi connectivity index (χ1v) is 13.3. The monoisotopic (exact) mass is 533 g/mol. The van der Waals surface area contributed by atoms with Crippen molar-refractivity contribution >= 4 is 23.8 Å². The van der Waals surface area contributed by atoms with E-state index in [0.29, 0.717) is 24.4 Å². The Morgan fingerprint density at radius 2 is 1.47 bits per heavy atom. The fourth-order valence-corrected chi connectivity index (χ4v) is 4.48. The van der Waals surface area contributed by atoms with E-state index in [1.165, 1.54) is 7.11 Å². The fourth-order valence-electron chi connectivity index (χ4n) is 4.48. The fraction of sp³-hybridized carbons (Fsp3) is 0.679. The van der Waals surface area contributed by atoms with E-state index >= 15 is 0 Å². The van der Waals surface area contributed by atoms with Crippen molar-refractivity contribution in [1.29, 1.82) is 0 Å². The van der Waals surface area contributed by atoms with E-state index in [4.69, 9.17) is 18.9 Å². The van der Waals surface area contributed by atoms with Gasteiger partial charge in [0.2, 0.25) is 0 Å². The standard InChI is InChI=1S/C28H43N3O7/c1-17-22(24(32)35-8)13-20(36-21-15-31(16-21)26(34)38-28(5,6)7)14-23(17)29-18-9-11-19(12-10-18)30-25(33)37-27(2,3)4/h13-14,18-19,21,29H,9-12,15-16H2,1-8H3,(H,30,33). The van der Waals surface area contributed by atoms with Crippen LogP contribution >= 0.6 is 0 Å². The summed E-state index contributed by atoms with van der Waals surface area (Å²) < 4.78 is 21.9. The molecule has 10 nitrogen and oxygen atoms in total. The molecule has 1 aliphatic carbocycles. The quantitative estimate of drug-likeness (QED) is 0.387. The van der Waals surface area contributed by atoms with Crippen molar-refractivity contribution in [2.75, 3.05) is 25.5 Å². The van der Waals surface area contributed by atoms with Gasteiger partial charge in [0.15, 0.2) is 0 Å². The molecule has 1 saturated heterocycles. The summed E-state index contributed by atoms with van der Waals surface area (Å²) in [6.45, 7) is 13.7. The molecule has 0 bridgehead atoms. The maximum atomic E-state index is 12.5. The minimum Gasteiger partial charge on any atom is -0.487 e. The minimum absolute atomic E-state index is 0.0656. The molecule has 0 unspecified atom stereocenters. The van der Waals surface area contributed by atoms with Crippen molar-refractivity contribution in [2.24, 2.45) is 0 Å². The number of nitrogens with one attached hydrogen (secondary N) is 2. The van der Waals surface area contributed by atoms with E-state index in [1.54, 1.807) is 11.0 Å². The van der Waals surface area contributed by atoms with Gasteiger partial charge >= 0.3 is 18.2 Å². The van der Waals surface area contributed by atoms with Gasteiger partial charge in [-0.05, 0) is 85.8 Å². The van der Waals surface area contributed by atoms with Crippen LogP contribution in [0.4, 0.5) is 15.3 Å². The van der Waals surface area contributed by atoms with Crippen LogP contribution in [-0.2, 0) is 14.2 Å². The lowest BCUT2D eigenvalue weighted by molar-refractivity contribution is -0.0221. The van der Waals surface area contributed by atoms with Crippen LogP contribution in [0.15, 0.2) is 12.1 Å². The maximum absolute atomic E-state index is 12.5. The van der Waals surface area contributed by atoms with Crippen molar-refractivity contribution in [2.45, 2.75) is 104 Å². The number of esters is 1. The largest absolute Gasteiger partial charge is 0.487 e. The van der Waals surface area contributed by atoms with Crippen LogP contribution in [0, 0.1) is 6.92 Å². The molecule has 2 aliphatic rings. The topological polar surface area (TPSA) is 115 Å². The predicted octanol–water partition coefficient (Wildman–Crippen LogP) is 5.03. The molecule has 38 heavy (non-hydrogen) atoms. The lowest BCUT2D eigenvalue weighted by atomic mass is 9.90. The number of methoxy groups -OCH3 is 1. The molecule has 1 aromatic carbocycles. The van der Waals surface area contributed by atoms with Gasteiger partial charge in [-0.2, -0.15) is 0 Å². The number of nitrogens with zero attached hydrogens (tertiary/aromatic N) is 1. The third-order valence-corrected chi connectivity index (χ3v) is 6.40. The summed E-state index contributed by atoms with van der Waals surface area (Å²) in [7, 11) is 1.35. The van der Waals surface area contributed by atoms with E-state index < -0.39 is 23.3 Å². The molecule has 0 radical (unpaired) electrons. The van der Waals surface area contributed by atoms with E-state index in [0.717, 1.165) is 36.9 Å². The Morgan fingerprint density at radius 3 is 2.03 bits per heavy atom. The van der Waals surface area contributed by atoms with Gasteiger partial charge in [-0.15, -0.1) is 0 Å². The molecule has 1 aromatic rings. The van der Waals surface area contributed by atoms with Crippen molar-refractivity contribution in [1.82, 2.24) is 10.2 Å². The zero-order chi connectivity index (χ0) is 28.3. The van der Waals surface area contributed by atoms with Crippen LogP contribution in [0.5, 0.6) is 5.75 Å². The predicted molar refractivity (Wildman–Crippen MR) is 144 cm³/mol. The molecule has 2 fully saturated rings. The summed E-state index contributed by atoms with van der Waals surface area (Å²) in [5.41, 5.74) is 0.923. The van der Waals surface area contributed by atoms with Gasteiger partial charge in [0.25, 0.3) is 0 Å². The smallest absolute Gasteiger partial charge is 0.410 e. The lowest BCUT2D eigenvalue weighted by Crippen LogP contribution is -2.57. The summed E-state index contributed by atoms with van der Waals surface area (Å²) in [4.78, 5) is 38.4. The van der Waals surface area contributed by atoms with Gasteiger partial charge in [-0.25, -0.2) is 14.4 Å². The Bertz CT molecular complexity index is 1010. The van der Waals surface area contributed by atoms with Crippen LogP contribution in [-0.4, -0.2) is 72.6 Å². The Labute approximate surface area is 225 Å². The minimum atomic E-state index is -0.555. The molecule has 0 spiro atoms. The second kappa shape index (κ2) is 11.7. The third kappa shape index (κ3) is 8.43. The normalized spacial score (nSPS) is 20.2. The van der Waals surface area contributed by atoms with Gasteiger partial charge in [0.05, 0.1) is 25.8 Å². The summed E-state index contributed by atoms with van der Waals surface area (Å²) in [6, 6.07) is 3.82. The zero-order valence-electron chi connectivity index (χ0n) is 23.9. The molecule has 0 aromatic heterocycles. The number of hydrogen-bond acceptors (Lipinski definition) is 8. The zero-order valence-corrected chi connectivity index (χ0v) is 23.9. The number of benzene rings is 1. The second-order valence-corrected chi connectivity index (χ2v) is 12.1. The Hall–Kier alpha value is -3.17. The van der Waals surface area contributed by atoms with Gasteiger partial charge in [0, 0.05) is 23.8 Å². The maximum Gasteiger partial charge on any atom is 0.410 e. The summed E-state index contributed by atoms with van der Waals surface area (Å²) in [5, 5.41) is 6.53. The van der Waals surface area contributed by atoms with Crippen LogP contribution in [0.3, 0.4) is 0 Å². The Morgan fingerprint density at radius 1 is 0.895 bits per heavy atom.